The zero-order valence-corrected chi connectivity index (χ0v) is 21.5. The number of ether oxygens (including phenoxy) is 1. The lowest BCUT2D eigenvalue weighted by atomic mass is 10.1. The molecular formula is C18H18I3N3O4. The SMILES string of the molecule is C=CCn1c(=O)n(CC=C)c(=O)n(Cc2ccc(OC)c(C(I)(I)I)c2)c1=O. The second-order valence-electron chi connectivity index (χ2n) is 5.76. The summed E-state index contributed by atoms with van der Waals surface area (Å²) in [5.74, 6) is 0.718. The van der Waals surface area contributed by atoms with Crippen molar-refractivity contribution in [1.29, 1.82) is 0 Å². The molecule has 0 aliphatic rings. The van der Waals surface area contributed by atoms with E-state index in [1.54, 1.807) is 13.2 Å². The predicted octanol–water partition coefficient (Wildman–Crippen LogP) is 3.02. The minimum Gasteiger partial charge on any atom is -0.496 e. The number of halogens is 3. The van der Waals surface area contributed by atoms with Gasteiger partial charge in [-0.1, -0.05) is 18.2 Å². The summed E-state index contributed by atoms with van der Waals surface area (Å²) in [6.45, 7) is 7.21. The quantitative estimate of drug-likeness (QED) is 0.239. The highest BCUT2D eigenvalue weighted by Gasteiger charge is 2.25. The molecule has 0 unspecified atom stereocenters. The molecule has 2 rings (SSSR count). The van der Waals surface area contributed by atoms with Crippen LogP contribution in [-0.2, 0) is 19.1 Å². The van der Waals surface area contributed by atoms with Crippen LogP contribution in [0.1, 0.15) is 11.1 Å². The van der Waals surface area contributed by atoms with Crippen molar-refractivity contribution in [3.8, 4) is 5.75 Å². The first-order chi connectivity index (χ1) is 13.1. The van der Waals surface area contributed by atoms with Gasteiger partial charge in [0, 0.05) is 5.56 Å². The summed E-state index contributed by atoms with van der Waals surface area (Å²) in [6, 6.07) is 5.50. The number of allylic oxidation sites excluding steroid dienone is 2. The highest BCUT2D eigenvalue weighted by molar-refractivity contribution is 14.3. The van der Waals surface area contributed by atoms with Gasteiger partial charge in [0.2, 0.25) is 0 Å². The Bertz CT molecular complexity index is 1030. The van der Waals surface area contributed by atoms with Gasteiger partial charge in [-0.05, 0) is 85.5 Å². The number of alkyl halides is 3. The van der Waals surface area contributed by atoms with Crippen molar-refractivity contribution >= 4 is 67.8 Å². The molecule has 0 amide bonds. The van der Waals surface area contributed by atoms with Crippen LogP contribution in [0.15, 0.2) is 57.9 Å². The summed E-state index contributed by atoms with van der Waals surface area (Å²) in [7, 11) is 1.60. The Morgan fingerprint density at radius 2 is 1.46 bits per heavy atom. The highest BCUT2D eigenvalue weighted by atomic mass is 127. The van der Waals surface area contributed by atoms with Gasteiger partial charge in [-0.3, -0.25) is 0 Å². The van der Waals surface area contributed by atoms with Crippen LogP contribution < -0.4 is 21.8 Å². The molecular weight excluding hydrogens is 703 g/mol. The van der Waals surface area contributed by atoms with Crippen LogP contribution in [0.3, 0.4) is 0 Å². The van der Waals surface area contributed by atoms with Gasteiger partial charge in [-0.15, -0.1) is 13.2 Å². The Hall–Kier alpha value is -0.900. The van der Waals surface area contributed by atoms with Crippen LogP contribution in [-0.4, -0.2) is 20.8 Å². The second kappa shape index (κ2) is 9.73. The summed E-state index contributed by atoms with van der Waals surface area (Å²) < 4.78 is 8.18. The van der Waals surface area contributed by atoms with Crippen molar-refractivity contribution in [2.45, 2.75) is 19.1 Å². The fraction of sp³-hybridized carbons (Fsp3) is 0.278. The molecule has 150 valence electrons. The molecule has 0 saturated heterocycles. The third kappa shape index (κ3) is 4.98. The monoisotopic (exact) mass is 721 g/mol. The van der Waals surface area contributed by atoms with Crippen molar-refractivity contribution in [3.63, 3.8) is 0 Å². The first kappa shape index (κ1) is 23.4. The fourth-order valence-electron chi connectivity index (χ4n) is 2.65. The number of benzene rings is 1. The third-order valence-corrected chi connectivity index (χ3v) is 5.66. The molecule has 1 heterocycles. The summed E-state index contributed by atoms with van der Waals surface area (Å²) in [5.41, 5.74) is -0.340. The Balaban J connectivity index is 2.68. The summed E-state index contributed by atoms with van der Waals surface area (Å²) in [4.78, 5) is 38.0. The first-order valence-electron chi connectivity index (χ1n) is 8.06. The number of hydrogen-bond acceptors (Lipinski definition) is 4. The van der Waals surface area contributed by atoms with E-state index in [1.165, 1.54) is 12.2 Å². The standard InChI is InChI=1S/C18H18I3N3O4/c1-4-8-22-15(25)23(9-5-2)17(27)24(16(22)26)11-12-6-7-14(28-3)13(10-12)18(19,20)21/h4-7,10H,1-2,8-9,11H2,3H3. The zero-order valence-electron chi connectivity index (χ0n) is 15.0. The van der Waals surface area contributed by atoms with Gasteiger partial charge in [0.25, 0.3) is 0 Å². The lowest BCUT2D eigenvalue weighted by Crippen LogP contribution is -2.54. The Labute approximate surface area is 202 Å². The largest absolute Gasteiger partial charge is 0.496 e. The van der Waals surface area contributed by atoms with Gasteiger partial charge in [-0.2, -0.15) is 0 Å². The zero-order chi connectivity index (χ0) is 21.1. The molecule has 0 fully saturated rings. The van der Waals surface area contributed by atoms with Gasteiger partial charge < -0.3 is 4.74 Å². The Morgan fingerprint density at radius 3 is 1.89 bits per heavy atom. The van der Waals surface area contributed by atoms with Crippen LogP contribution in [0.5, 0.6) is 5.75 Å². The normalized spacial score (nSPS) is 11.3. The molecule has 0 radical (unpaired) electrons. The number of nitrogens with zero attached hydrogens (tertiary/aromatic N) is 3. The van der Waals surface area contributed by atoms with Crippen molar-refractivity contribution in [2.75, 3.05) is 7.11 Å². The number of rotatable bonds is 8. The molecule has 10 heteroatoms. The number of hydrogen-bond donors (Lipinski definition) is 0. The van der Waals surface area contributed by atoms with Crippen LogP contribution in [0.25, 0.3) is 0 Å². The van der Waals surface area contributed by atoms with Crippen molar-refractivity contribution in [3.05, 3.63) is 86.1 Å². The van der Waals surface area contributed by atoms with Crippen molar-refractivity contribution in [1.82, 2.24) is 13.7 Å². The highest BCUT2D eigenvalue weighted by Crippen LogP contribution is 2.49. The Kier molecular flexibility index (Phi) is 8.13. The summed E-state index contributed by atoms with van der Waals surface area (Å²) >= 11 is 6.84. The number of aromatic nitrogens is 3. The van der Waals surface area contributed by atoms with Crippen LogP contribution in [0, 0.1) is 0 Å². The average molecular weight is 721 g/mol. The minimum atomic E-state index is -0.674. The lowest BCUT2D eigenvalue weighted by molar-refractivity contribution is 0.411. The van der Waals surface area contributed by atoms with E-state index in [4.69, 9.17) is 4.74 Å². The molecule has 0 atom stereocenters. The van der Waals surface area contributed by atoms with Gasteiger partial charge in [-0.25, -0.2) is 28.1 Å². The van der Waals surface area contributed by atoms with Crippen molar-refractivity contribution in [2.24, 2.45) is 0 Å². The summed E-state index contributed by atoms with van der Waals surface area (Å²) in [5, 5.41) is 0. The molecule has 2 aromatic rings. The van der Waals surface area contributed by atoms with Crippen LogP contribution in [0.2, 0.25) is 0 Å². The van der Waals surface area contributed by atoms with Crippen LogP contribution in [0.4, 0.5) is 0 Å². The maximum absolute atomic E-state index is 12.8. The topological polar surface area (TPSA) is 75.2 Å². The molecule has 1 aromatic carbocycles. The maximum atomic E-state index is 12.8. The number of methoxy groups -OCH3 is 1. The summed E-state index contributed by atoms with van der Waals surface area (Å²) in [6.07, 6.45) is 2.88. The fourth-order valence-corrected chi connectivity index (χ4v) is 3.91. The lowest BCUT2D eigenvalue weighted by Gasteiger charge is -2.18. The van der Waals surface area contributed by atoms with Gasteiger partial charge in [0.15, 0.2) is -0.565 Å². The molecule has 1 aromatic heterocycles. The molecule has 0 aliphatic carbocycles. The smallest absolute Gasteiger partial charge is 0.336 e. The Morgan fingerprint density at radius 1 is 0.964 bits per heavy atom. The van der Waals surface area contributed by atoms with E-state index in [0.717, 1.165) is 30.6 Å². The van der Waals surface area contributed by atoms with Gasteiger partial charge >= 0.3 is 17.1 Å². The van der Waals surface area contributed by atoms with E-state index in [2.05, 4.69) is 80.9 Å². The van der Waals surface area contributed by atoms with E-state index in [0.29, 0.717) is 0 Å². The van der Waals surface area contributed by atoms with E-state index in [-0.39, 0.29) is 19.1 Å². The van der Waals surface area contributed by atoms with E-state index >= 15 is 0 Å². The van der Waals surface area contributed by atoms with E-state index < -0.39 is 17.1 Å². The van der Waals surface area contributed by atoms with Crippen molar-refractivity contribution < 1.29 is 4.74 Å². The van der Waals surface area contributed by atoms with Gasteiger partial charge in [0.1, 0.15) is 5.75 Å². The molecule has 7 nitrogen and oxygen atoms in total. The molecule has 0 bridgehead atoms. The molecule has 0 saturated carbocycles. The predicted molar refractivity (Wildman–Crippen MR) is 135 cm³/mol. The minimum absolute atomic E-state index is 0.0152. The molecule has 0 spiro atoms. The molecule has 0 N–H and O–H groups in total. The van der Waals surface area contributed by atoms with E-state index in [9.17, 15) is 14.4 Å². The van der Waals surface area contributed by atoms with Gasteiger partial charge in [0.05, 0.1) is 26.7 Å². The van der Waals surface area contributed by atoms with E-state index in [1.807, 2.05) is 12.1 Å². The molecule has 28 heavy (non-hydrogen) atoms. The maximum Gasteiger partial charge on any atom is 0.336 e. The second-order valence-corrected chi connectivity index (χ2v) is 16.8. The molecule has 0 aliphatic heterocycles. The van der Waals surface area contributed by atoms with Crippen LogP contribution >= 0.6 is 67.8 Å². The average Bonchev–Trinajstić information content (AvgIpc) is 2.65. The first-order valence-corrected chi connectivity index (χ1v) is 11.3. The third-order valence-electron chi connectivity index (χ3n) is 3.92.